The van der Waals surface area contributed by atoms with Crippen LogP contribution in [0.2, 0.25) is 0 Å². The monoisotopic (exact) mass is 467 g/mol. The Morgan fingerprint density at radius 1 is 1.03 bits per heavy atom. The third-order valence-electron chi connectivity index (χ3n) is 4.80. The van der Waals surface area contributed by atoms with Crippen LogP contribution in [0.4, 0.5) is 10.8 Å². The molecule has 0 unspecified atom stereocenters. The Kier molecular flexibility index (Phi) is 6.11. The van der Waals surface area contributed by atoms with Gasteiger partial charge in [0.1, 0.15) is 11.3 Å². The maximum atomic E-state index is 12.9. The van der Waals surface area contributed by atoms with Gasteiger partial charge in [0, 0.05) is 12.6 Å². The average molecular weight is 468 g/mol. The molecule has 1 aromatic heterocycles. The van der Waals surface area contributed by atoms with E-state index in [4.69, 9.17) is 4.74 Å². The van der Waals surface area contributed by atoms with Gasteiger partial charge < -0.3 is 4.74 Å². The van der Waals surface area contributed by atoms with Crippen molar-refractivity contribution in [2.45, 2.75) is 11.8 Å². The molecule has 7 nitrogen and oxygen atoms in total. The van der Waals surface area contributed by atoms with Crippen LogP contribution in [0.3, 0.4) is 0 Å². The largest absolute Gasteiger partial charge is 0.492 e. The van der Waals surface area contributed by atoms with Gasteiger partial charge in [0.15, 0.2) is 5.13 Å². The topological polar surface area (TPSA) is 88.6 Å². The van der Waals surface area contributed by atoms with Crippen molar-refractivity contribution in [3.8, 4) is 5.75 Å². The summed E-state index contributed by atoms with van der Waals surface area (Å²) in [5.74, 6) is 0.293. The molecule has 1 heterocycles. The fourth-order valence-corrected chi connectivity index (χ4v) is 5.21. The van der Waals surface area contributed by atoms with Gasteiger partial charge >= 0.3 is 0 Å². The van der Waals surface area contributed by atoms with Crippen LogP contribution in [-0.2, 0) is 10.0 Å². The van der Waals surface area contributed by atoms with Crippen LogP contribution in [0.15, 0.2) is 77.7 Å². The van der Waals surface area contributed by atoms with E-state index in [1.54, 1.807) is 24.3 Å². The van der Waals surface area contributed by atoms with Crippen LogP contribution < -0.4 is 14.4 Å². The molecular weight excluding hydrogens is 446 g/mol. The second-order valence-corrected chi connectivity index (χ2v) is 9.84. The molecule has 4 rings (SSSR count). The molecule has 0 bridgehead atoms. The first-order chi connectivity index (χ1) is 15.4. The minimum absolute atomic E-state index is 0.0988. The molecule has 4 aromatic rings. The lowest BCUT2D eigenvalue weighted by atomic mass is 10.2. The number of aromatic nitrogens is 1. The van der Waals surface area contributed by atoms with Gasteiger partial charge in [-0.3, -0.25) is 14.4 Å². The number of benzene rings is 3. The summed E-state index contributed by atoms with van der Waals surface area (Å²) in [6.07, 6.45) is 0. The third-order valence-corrected chi connectivity index (χ3v) is 7.53. The first-order valence-electron chi connectivity index (χ1n) is 9.88. The zero-order chi connectivity index (χ0) is 22.7. The minimum atomic E-state index is -3.74. The number of sulfonamides is 1. The molecule has 1 amide bonds. The molecule has 164 valence electrons. The standard InChI is InChI=1S/C23H21N3O4S2/c1-3-30-19-10-7-11-20-21(19)24-23(31-20)25-22(27)16-12-14-18(15-13-16)32(28,29)26(2)17-8-5-4-6-9-17/h4-15H,3H2,1-2H3,(H,24,25,27). The van der Waals surface area contributed by atoms with E-state index in [9.17, 15) is 13.2 Å². The summed E-state index contributed by atoms with van der Waals surface area (Å²) in [4.78, 5) is 17.3. The first-order valence-corrected chi connectivity index (χ1v) is 12.1. The number of fused-ring (bicyclic) bond motifs is 1. The number of nitrogens with one attached hydrogen (secondary N) is 1. The van der Waals surface area contributed by atoms with E-state index in [1.807, 2.05) is 31.2 Å². The van der Waals surface area contributed by atoms with Crippen molar-refractivity contribution in [2.24, 2.45) is 0 Å². The van der Waals surface area contributed by atoms with Gasteiger partial charge in [0.05, 0.1) is 21.9 Å². The van der Waals surface area contributed by atoms with Crippen LogP contribution in [0.5, 0.6) is 5.75 Å². The number of hydrogen-bond acceptors (Lipinski definition) is 6. The molecule has 0 spiro atoms. The fourth-order valence-electron chi connectivity index (χ4n) is 3.13. The Bertz CT molecular complexity index is 1350. The number of carbonyl (C=O) groups is 1. The molecular formula is C23H21N3O4S2. The van der Waals surface area contributed by atoms with Crippen molar-refractivity contribution in [3.63, 3.8) is 0 Å². The van der Waals surface area contributed by atoms with Gasteiger partial charge in [0.2, 0.25) is 0 Å². The summed E-state index contributed by atoms with van der Waals surface area (Å²) in [7, 11) is -2.25. The maximum Gasteiger partial charge on any atom is 0.264 e. The predicted molar refractivity (Wildman–Crippen MR) is 127 cm³/mol. The second-order valence-electron chi connectivity index (χ2n) is 6.84. The molecule has 0 saturated carbocycles. The van der Waals surface area contributed by atoms with Crippen molar-refractivity contribution < 1.29 is 17.9 Å². The lowest BCUT2D eigenvalue weighted by molar-refractivity contribution is 0.102. The normalized spacial score (nSPS) is 11.3. The Hall–Kier alpha value is -3.43. The summed E-state index contributed by atoms with van der Waals surface area (Å²) < 4.78 is 33.5. The van der Waals surface area contributed by atoms with E-state index in [0.717, 1.165) is 4.70 Å². The maximum absolute atomic E-state index is 12.9. The van der Waals surface area contributed by atoms with Gasteiger partial charge in [-0.25, -0.2) is 13.4 Å². The lowest BCUT2D eigenvalue weighted by Gasteiger charge is -2.19. The van der Waals surface area contributed by atoms with Gasteiger partial charge in [-0.1, -0.05) is 35.6 Å². The molecule has 0 aliphatic carbocycles. The van der Waals surface area contributed by atoms with Crippen molar-refractivity contribution in [1.29, 1.82) is 0 Å². The van der Waals surface area contributed by atoms with Gasteiger partial charge in [-0.2, -0.15) is 0 Å². The lowest BCUT2D eigenvalue weighted by Crippen LogP contribution is -2.26. The highest BCUT2D eigenvalue weighted by atomic mass is 32.2. The number of rotatable bonds is 7. The predicted octanol–water partition coefficient (Wildman–Crippen LogP) is 4.77. The second kappa shape index (κ2) is 8.97. The molecule has 1 N–H and O–H groups in total. The third kappa shape index (κ3) is 4.30. The van der Waals surface area contributed by atoms with E-state index < -0.39 is 10.0 Å². The Morgan fingerprint density at radius 2 is 1.75 bits per heavy atom. The first kappa shape index (κ1) is 21.8. The summed E-state index contributed by atoms with van der Waals surface area (Å²) in [6.45, 7) is 2.42. The fraction of sp³-hybridized carbons (Fsp3) is 0.130. The van der Waals surface area contributed by atoms with Gasteiger partial charge in [-0.05, 0) is 55.5 Å². The number of nitrogens with zero attached hydrogens (tertiary/aromatic N) is 2. The van der Waals surface area contributed by atoms with Crippen LogP contribution >= 0.6 is 11.3 Å². The zero-order valence-corrected chi connectivity index (χ0v) is 19.1. The number of carbonyl (C=O) groups excluding carboxylic acids is 1. The van der Waals surface area contributed by atoms with E-state index in [-0.39, 0.29) is 10.8 Å². The minimum Gasteiger partial charge on any atom is -0.492 e. The highest BCUT2D eigenvalue weighted by Crippen LogP contribution is 2.32. The van der Waals surface area contributed by atoms with Crippen molar-refractivity contribution in [2.75, 3.05) is 23.3 Å². The Balaban J connectivity index is 1.52. The van der Waals surface area contributed by atoms with Crippen LogP contribution in [0, 0.1) is 0 Å². The van der Waals surface area contributed by atoms with Crippen LogP contribution in [0.25, 0.3) is 10.2 Å². The van der Waals surface area contributed by atoms with E-state index in [2.05, 4.69) is 10.3 Å². The number of para-hydroxylation sites is 2. The molecule has 0 aliphatic rings. The van der Waals surface area contributed by atoms with Gasteiger partial charge in [-0.15, -0.1) is 0 Å². The number of hydrogen-bond donors (Lipinski definition) is 1. The Morgan fingerprint density at radius 3 is 2.44 bits per heavy atom. The van der Waals surface area contributed by atoms with E-state index in [1.165, 1.54) is 47.0 Å². The summed E-state index contributed by atoms with van der Waals surface area (Å²) in [6, 6.07) is 20.2. The van der Waals surface area contributed by atoms with Crippen molar-refractivity contribution in [3.05, 3.63) is 78.4 Å². The van der Waals surface area contributed by atoms with Crippen LogP contribution in [0.1, 0.15) is 17.3 Å². The zero-order valence-electron chi connectivity index (χ0n) is 17.5. The van der Waals surface area contributed by atoms with Crippen molar-refractivity contribution >= 4 is 48.3 Å². The summed E-state index contributed by atoms with van der Waals surface area (Å²) in [5.41, 5.74) is 1.58. The van der Waals surface area contributed by atoms with Gasteiger partial charge in [0.25, 0.3) is 15.9 Å². The smallest absolute Gasteiger partial charge is 0.264 e. The number of anilines is 2. The SMILES string of the molecule is CCOc1cccc2sc(NC(=O)c3ccc(S(=O)(=O)N(C)c4ccccc4)cc3)nc12. The quantitative estimate of drug-likeness (QED) is 0.423. The number of ether oxygens (including phenoxy) is 1. The summed E-state index contributed by atoms with van der Waals surface area (Å²) >= 11 is 1.34. The molecule has 0 radical (unpaired) electrons. The summed E-state index contributed by atoms with van der Waals surface area (Å²) in [5, 5.41) is 3.22. The Labute approximate surface area is 190 Å². The van der Waals surface area contributed by atoms with Crippen LogP contribution in [-0.4, -0.2) is 33.0 Å². The molecule has 3 aromatic carbocycles. The molecule has 0 atom stereocenters. The molecule has 0 fully saturated rings. The molecule has 0 saturated heterocycles. The highest BCUT2D eigenvalue weighted by Gasteiger charge is 2.21. The number of thiazole rings is 1. The molecule has 32 heavy (non-hydrogen) atoms. The van der Waals surface area contributed by atoms with E-state index in [0.29, 0.717) is 34.3 Å². The highest BCUT2D eigenvalue weighted by molar-refractivity contribution is 7.92. The molecule has 0 aliphatic heterocycles. The molecule has 9 heteroatoms. The van der Waals surface area contributed by atoms with E-state index >= 15 is 0 Å². The average Bonchev–Trinajstić information content (AvgIpc) is 3.23. The number of amides is 1. The van der Waals surface area contributed by atoms with Crippen molar-refractivity contribution in [1.82, 2.24) is 4.98 Å².